The molecule has 1 aromatic carbocycles. The lowest BCUT2D eigenvalue weighted by atomic mass is 9.76. The average molecular weight is 357 g/mol. The van der Waals surface area contributed by atoms with E-state index < -0.39 is 17.6 Å². The average Bonchev–Trinajstić information content (AvgIpc) is 3.45. The first kappa shape index (κ1) is 17.3. The number of Topliss-reactive ketones (excluding diaryl/α,β-unsaturated/α-hetero) is 1. The van der Waals surface area contributed by atoms with Crippen LogP contribution in [-0.2, 0) is 15.9 Å². The lowest BCUT2D eigenvalue weighted by Crippen LogP contribution is -2.37. The molecule has 2 aliphatic carbocycles. The van der Waals surface area contributed by atoms with Crippen molar-refractivity contribution < 1.29 is 18.7 Å². The van der Waals surface area contributed by atoms with E-state index in [-0.39, 0.29) is 41.8 Å². The summed E-state index contributed by atoms with van der Waals surface area (Å²) in [5.74, 6) is -0.736. The molecule has 1 fully saturated rings. The standard InChI is InChI=1S/C21H21F2NO2/c22-15-5-3-14(4-6-15)20(11-12-20)9-8-18(26)21(23)10-7-17(25)19-16(21)2-1-13-24-19/h1-6,13,17,25H,7-12H2/t17-,21-/m0/s1. The zero-order chi connectivity index (χ0) is 18.4. The Morgan fingerprint density at radius 1 is 1.19 bits per heavy atom. The van der Waals surface area contributed by atoms with Crippen molar-refractivity contribution in [2.45, 2.75) is 55.7 Å². The van der Waals surface area contributed by atoms with Crippen LogP contribution in [0.1, 0.15) is 61.4 Å². The predicted molar refractivity (Wildman–Crippen MR) is 92.8 cm³/mol. The molecule has 2 aromatic rings. The summed E-state index contributed by atoms with van der Waals surface area (Å²) in [5, 5.41) is 10.0. The van der Waals surface area contributed by atoms with Gasteiger partial charge in [0.05, 0.1) is 11.8 Å². The van der Waals surface area contributed by atoms with Gasteiger partial charge in [0.1, 0.15) is 5.82 Å². The van der Waals surface area contributed by atoms with Crippen molar-refractivity contribution in [2.75, 3.05) is 0 Å². The predicted octanol–water partition coefficient (Wildman–Crippen LogP) is 4.29. The minimum absolute atomic E-state index is 0.0186. The number of hydrogen-bond acceptors (Lipinski definition) is 3. The van der Waals surface area contributed by atoms with Gasteiger partial charge in [0.25, 0.3) is 0 Å². The Balaban J connectivity index is 1.52. The minimum Gasteiger partial charge on any atom is -0.387 e. The van der Waals surface area contributed by atoms with Crippen LogP contribution in [0.15, 0.2) is 42.6 Å². The molecule has 1 N–H and O–H groups in total. The molecule has 0 aliphatic heterocycles. The van der Waals surface area contributed by atoms with Crippen molar-refractivity contribution in [2.24, 2.45) is 0 Å². The third kappa shape index (κ3) is 2.84. The zero-order valence-corrected chi connectivity index (χ0v) is 14.4. The van der Waals surface area contributed by atoms with Gasteiger partial charge in [-0.1, -0.05) is 18.2 Å². The van der Waals surface area contributed by atoms with E-state index in [1.807, 2.05) is 0 Å². The van der Waals surface area contributed by atoms with Gasteiger partial charge in [0.15, 0.2) is 11.5 Å². The number of carbonyl (C=O) groups is 1. The summed E-state index contributed by atoms with van der Waals surface area (Å²) in [5.41, 5.74) is -0.724. The molecule has 2 aliphatic rings. The maximum Gasteiger partial charge on any atom is 0.195 e. The molecule has 26 heavy (non-hydrogen) atoms. The van der Waals surface area contributed by atoms with Crippen LogP contribution in [-0.4, -0.2) is 15.9 Å². The van der Waals surface area contributed by atoms with E-state index in [4.69, 9.17) is 0 Å². The third-order valence-corrected chi connectivity index (χ3v) is 5.93. The van der Waals surface area contributed by atoms with E-state index in [0.717, 1.165) is 18.4 Å². The number of halogens is 2. The van der Waals surface area contributed by atoms with Gasteiger partial charge in [-0.2, -0.15) is 0 Å². The Labute approximate surface area is 151 Å². The van der Waals surface area contributed by atoms with Crippen molar-refractivity contribution in [3.8, 4) is 0 Å². The van der Waals surface area contributed by atoms with E-state index in [1.54, 1.807) is 24.3 Å². The molecule has 1 heterocycles. The Bertz CT molecular complexity index is 832. The van der Waals surface area contributed by atoms with E-state index >= 15 is 4.39 Å². The molecule has 4 rings (SSSR count). The van der Waals surface area contributed by atoms with Gasteiger partial charge in [-0.15, -0.1) is 0 Å². The first-order valence-corrected chi connectivity index (χ1v) is 9.06. The highest BCUT2D eigenvalue weighted by molar-refractivity contribution is 5.89. The Hall–Kier alpha value is -2.14. The molecule has 0 radical (unpaired) electrons. The van der Waals surface area contributed by atoms with Crippen LogP contribution in [0.4, 0.5) is 8.78 Å². The maximum absolute atomic E-state index is 15.6. The van der Waals surface area contributed by atoms with Gasteiger partial charge in [-0.05, 0) is 61.3 Å². The Kier molecular flexibility index (Phi) is 4.14. The SMILES string of the molecule is O=C(CCC1(c2ccc(F)cc2)CC1)[C@]1(F)CC[C@H](O)c2ncccc21. The molecule has 0 amide bonds. The third-order valence-electron chi connectivity index (χ3n) is 5.93. The van der Waals surface area contributed by atoms with Crippen molar-refractivity contribution in [1.82, 2.24) is 4.98 Å². The lowest BCUT2D eigenvalue weighted by Gasteiger charge is -2.33. The van der Waals surface area contributed by atoms with E-state index in [9.17, 15) is 14.3 Å². The molecule has 3 nitrogen and oxygen atoms in total. The van der Waals surface area contributed by atoms with Crippen molar-refractivity contribution in [3.05, 3.63) is 65.2 Å². The summed E-state index contributed by atoms with van der Waals surface area (Å²) < 4.78 is 28.8. The molecule has 136 valence electrons. The quantitative estimate of drug-likeness (QED) is 0.868. The molecular formula is C21H21F2NO2. The number of aromatic nitrogens is 1. The van der Waals surface area contributed by atoms with Gasteiger partial charge < -0.3 is 5.11 Å². The molecular weight excluding hydrogens is 336 g/mol. The van der Waals surface area contributed by atoms with Crippen molar-refractivity contribution in [3.63, 3.8) is 0 Å². The molecule has 0 spiro atoms. The molecule has 1 aromatic heterocycles. The van der Waals surface area contributed by atoms with Gasteiger partial charge >= 0.3 is 0 Å². The van der Waals surface area contributed by atoms with Gasteiger partial charge in [0.2, 0.25) is 0 Å². The summed E-state index contributed by atoms with van der Waals surface area (Å²) in [6, 6.07) is 9.52. The van der Waals surface area contributed by atoms with Gasteiger partial charge in [-0.25, -0.2) is 8.78 Å². The second-order valence-corrected chi connectivity index (χ2v) is 7.50. The number of carbonyl (C=O) groups excluding carboxylic acids is 1. The number of aliphatic hydroxyl groups excluding tert-OH is 1. The number of hydrogen-bond donors (Lipinski definition) is 1. The second-order valence-electron chi connectivity index (χ2n) is 7.50. The van der Waals surface area contributed by atoms with Crippen LogP contribution in [0.2, 0.25) is 0 Å². The van der Waals surface area contributed by atoms with Crippen LogP contribution in [0.25, 0.3) is 0 Å². The number of fused-ring (bicyclic) bond motifs is 1. The summed E-state index contributed by atoms with van der Waals surface area (Å²) in [4.78, 5) is 16.9. The van der Waals surface area contributed by atoms with Crippen molar-refractivity contribution in [1.29, 1.82) is 0 Å². The normalized spacial score (nSPS) is 26.2. The van der Waals surface area contributed by atoms with Crippen LogP contribution in [0.5, 0.6) is 0 Å². The molecule has 1 saturated carbocycles. The first-order valence-electron chi connectivity index (χ1n) is 9.06. The fourth-order valence-corrected chi connectivity index (χ4v) is 4.10. The molecule has 2 atom stereocenters. The van der Waals surface area contributed by atoms with Crippen LogP contribution >= 0.6 is 0 Å². The van der Waals surface area contributed by atoms with Crippen LogP contribution in [0, 0.1) is 5.82 Å². The van der Waals surface area contributed by atoms with Crippen LogP contribution in [0.3, 0.4) is 0 Å². The number of alkyl halides is 1. The first-order chi connectivity index (χ1) is 12.4. The highest BCUT2D eigenvalue weighted by atomic mass is 19.1. The fraction of sp³-hybridized carbons (Fsp3) is 0.429. The van der Waals surface area contributed by atoms with Crippen LogP contribution < -0.4 is 0 Å². The monoisotopic (exact) mass is 357 g/mol. The molecule has 5 heteroatoms. The number of ketones is 1. The number of pyridine rings is 1. The van der Waals surface area contributed by atoms with Crippen molar-refractivity contribution >= 4 is 5.78 Å². The molecule has 0 saturated heterocycles. The Morgan fingerprint density at radius 2 is 1.92 bits per heavy atom. The molecule has 0 unspecified atom stereocenters. The number of nitrogens with zero attached hydrogens (tertiary/aromatic N) is 1. The lowest BCUT2D eigenvalue weighted by molar-refractivity contribution is -0.133. The van der Waals surface area contributed by atoms with E-state index in [0.29, 0.717) is 6.42 Å². The minimum atomic E-state index is -2.08. The largest absolute Gasteiger partial charge is 0.387 e. The summed E-state index contributed by atoms with van der Waals surface area (Å²) in [7, 11) is 0. The van der Waals surface area contributed by atoms with Gasteiger partial charge in [0, 0.05) is 18.2 Å². The number of benzene rings is 1. The number of aliphatic hydroxyl groups is 1. The topological polar surface area (TPSA) is 50.2 Å². The highest BCUT2D eigenvalue weighted by Crippen LogP contribution is 2.53. The zero-order valence-electron chi connectivity index (χ0n) is 14.4. The number of rotatable bonds is 5. The van der Waals surface area contributed by atoms with E-state index in [1.165, 1.54) is 18.3 Å². The maximum atomic E-state index is 15.6. The summed E-state index contributed by atoms with van der Waals surface area (Å²) in [6.07, 6.45) is 3.40. The molecule has 0 bridgehead atoms. The highest BCUT2D eigenvalue weighted by Gasteiger charge is 2.49. The summed E-state index contributed by atoms with van der Waals surface area (Å²) in [6.45, 7) is 0. The fourth-order valence-electron chi connectivity index (χ4n) is 4.10. The smallest absolute Gasteiger partial charge is 0.195 e. The van der Waals surface area contributed by atoms with Gasteiger partial charge in [-0.3, -0.25) is 9.78 Å². The Morgan fingerprint density at radius 3 is 2.62 bits per heavy atom. The van der Waals surface area contributed by atoms with E-state index in [2.05, 4.69) is 4.98 Å². The summed E-state index contributed by atoms with van der Waals surface area (Å²) >= 11 is 0. The second kappa shape index (κ2) is 6.23.